The van der Waals surface area contributed by atoms with Gasteiger partial charge in [0.05, 0.1) is 27.9 Å². The van der Waals surface area contributed by atoms with E-state index in [1.54, 1.807) is 55.0 Å². The van der Waals surface area contributed by atoms with Crippen molar-refractivity contribution in [1.82, 2.24) is 20.0 Å². The molecule has 16 rings (SSSR count). The van der Waals surface area contributed by atoms with Crippen LogP contribution in [0, 0.1) is 42.4 Å². The third kappa shape index (κ3) is 20.4. The van der Waals surface area contributed by atoms with Gasteiger partial charge >= 0.3 is 31.0 Å². The molecular formula is C94H115BBr2N4O13. The number of hydrogen-bond acceptors (Lipinski definition) is 10. The predicted molar refractivity (Wildman–Crippen MR) is 457 cm³/mol. The van der Waals surface area contributed by atoms with E-state index in [0.717, 1.165) is 126 Å². The van der Waals surface area contributed by atoms with E-state index in [-0.39, 0.29) is 23.8 Å². The van der Waals surface area contributed by atoms with Crippen LogP contribution in [0.1, 0.15) is 252 Å². The Balaban J connectivity index is 0.000000141. The molecule has 5 heterocycles. The van der Waals surface area contributed by atoms with Crippen LogP contribution in [-0.2, 0) is 28.5 Å². The minimum absolute atomic E-state index is 0.222. The number of nitrogens with one attached hydrogen (secondary N) is 1. The molecule has 17 nitrogen and oxygen atoms in total. The molecule has 5 saturated heterocycles. The lowest BCUT2D eigenvalue weighted by molar-refractivity contribution is -0.137. The number of halogens is 2. The Kier molecular flexibility index (Phi) is 27.7. The van der Waals surface area contributed by atoms with Crippen LogP contribution < -0.4 is 10.8 Å². The van der Waals surface area contributed by atoms with E-state index in [0.29, 0.717) is 69.8 Å². The highest BCUT2D eigenvalue weighted by atomic mass is 79.9. The molecule has 9 fully saturated rings. The number of carboxylic acid groups (broad SMARTS) is 4. The van der Waals surface area contributed by atoms with Crippen molar-refractivity contribution in [2.24, 2.45) is 21.7 Å². The van der Waals surface area contributed by atoms with Crippen LogP contribution in [0.5, 0.6) is 0 Å². The molecule has 4 saturated carbocycles. The SMILES string of the molecule is Brc1ccc(C2CC23CCNCC3)cc1.CCC(=O)N1CCC2(CC1)CC2c1ccc(Br)cc1.CCC(=O)N1CCC2(CC1)C[C@@H]2c1ccc(-c2ccc(C(=O)O)cc2C)cc1.CCC(=O)N1CCC2(CC1)C[C@H]2c1ccc(-c2ccc(C(=O)O)cc2C)cc1.CCC(=O)O.Cc1cc(C(=O)O)ccc1B1OC(C)(C)C(C)(C)O1. The van der Waals surface area contributed by atoms with Crippen molar-refractivity contribution in [2.45, 2.75) is 214 Å². The van der Waals surface area contributed by atoms with Crippen molar-refractivity contribution in [3.8, 4) is 22.3 Å². The summed E-state index contributed by atoms with van der Waals surface area (Å²) in [5, 5.41) is 38.4. The van der Waals surface area contributed by atoms with Gasteiger partial charge in [0.15, 0.2) is 0 Å². The van der Waals surface area contributed by atoms with E-state index in [2.05, 4.69) is 134 Å². The summed E-state index contributed by atoms with van der Waals surface area (Å²) in [4.78, 5) is 84.1. The number of likely N-dealkylation sites (tertiary alicyclic amines) is 3. The van der Waals surface area contributed by atoms with Gasteiger partial charge in [0.25, 0.3) is 0 Å². The number of hydrogen-bond donors (Lipinski definition) is 5. The fourth-order valence-electron chi connectivity index (χ4n) is 18.2. The van der Waals surface area contributed by atoms with Gasteiger partial charge in [0.2, 0.25) is 17.7 Å². The molecule has 606 valence electrons. The van der Waals surface area contributed by atoms with Crippen molar-refractivity contribution in [3.63, 3.8) is 0 Å². The monoisotopic (exact) mass is 1680 g/mol. The predicted octanol–water partition coefficient (Wildman–Crippen LogP) is 19.5. The quantitative estimate of drug-likeness (QED) is 0.0637. The second-order valence-corrected chi connectivity index (χ2v) is 36.0. The number of aromatic carboxylic acids is 3. The minimum atomic E-state index is -0.927. The number of benzene rings is 7. The minimum Gasteiger partial charge on any atom is -0.481 e. The molecule has 20 heteroatoms. The Morgan fingerprint density at radius 1 is 0.395 bits per heavy atom. The van der Waals surface area contributed by atoms with E-state index >= 15 is 0 Å². The van der Waals surface area contributed by atoms with Crippen molar-refractivity contribution in [1.29, 1.82) is 0 Å². The fraction of sp³-hybridized carbons (Fsp3) is 0.479. The summed E-state index contributed by atoms with van der Waals surface area (Å²) in [6, 6.07) is 50.7. The first kappa shape index (κ1) is 86.6. The molecule has 0 aromatic heterocycles. The number of aryl methyl sites for hydroxylation is 3. The standard InChI is InChI=1S/2C24H27NO3.C16H20BrNO.C14H19BO4.C13H16BrN.C3H6O2/c2*1-3-22(26)25-12-10-24(11-13-25)15-21(24)18-6-4-17(5-7-18)20-9-8-19(23(27)28)14-16(20)2;1-2-15(19)18-9-7-16(8-10-18)11-14(16)12-3-5-13(17)6-4-12;1-9-8-10(12(16)17)6-7-11(9)15-18-13(2,3)14(4,5)19-15;14-11-3-1-10(2-4-11)12-9-13(12)5-7-15-8-6-13;1-2-3(4)5/h2*4-9,14,21H,3,10-13,15H2,1-2H3,(H,27,28);3-6,14H,2,7-11H2,1H3;6-8H,1-5H3,(H,16,17);1-4,12,15H,5-9H2;2H2,1H3,(H,4,5)/t2*21-;;;;/m10..../s1. The fourth-order valence-corrected chi connectivity index (χ4v) is 18.7. The second kappa shape index (κ2) is 36.5. The first-order chi connectivity index (χ1) is 54.2. The molecule has 0 bridgehead atoms. The number of aliphatic carboxylic acids is 1. The van der Waals surface area contributed by atoms with E-state index < -0.39 is 42.2 Å². The molecule has 4 atom stereocenters. The average molecular weight is 1680 g/mol. The van der Waals surface area contributed by atoms with Gasteiger partial charge in [-0.25, -0.2) is 14.4 Å². The molecular weight excluding hydrogens is 1560 g/mol. The lowest BCUT2D eigenvalue weighted by Gasteiger charge is -2.33. The number of rotatable bonds is 14. The second-order valence-electron chi connectivity index (χ2n) is 34.2. The zero-order valence-electron chi connectivity index (χ0n) is 68.4. The highest BCUT2D eigenvalue weighted by Crippen LogP contribution is 2.68. The average Bonchev–Trinajstić information content (AvgIpc) is 1.59. The maximum atomic E-state index is 11.9. The van der Waals surface area contributed by atoms with Crippen LogP contribution in [0.25, 0.3) is 22.3 Å². The van der Waals surface area contributed by atoms with Crippen molar-refractivity contribution in [2.75, 3.05) is 52.4 Å². The molecule has 114 heavy (non-hydrogen) atoms. The van der Waals surface area contributed by atoms with Crippen LogP contribution in [-0.4, -0.2) is 147 Å². The van der Waals surface area contributed by atoms with Crippen LogP contribution in [0.15, 0.2) is 161 Å². The lowest BCUT2D eigenvalue weighted by atomic mass is 9.76. The van der Waals surface area contributed by atoms with Gasteiger partial charge < -0.3 is 49.8 Å². The summed E-state index contributed by atoms with van der Waals surface area (Å²) in [7, 11) is -0.451. The largest absolute Gasteiger partial charge is 0.495 e. The molecule has 5 aliphatic heterocycles. The number of carboxylic acids is 4. The molecule has 5 N–H and O–H groups in total. The first-order valence-corrected chi connectivity index (χ1v) is 42.7. The highest BCUT2D eigenvalue weighted by Gasteiger charge is 2.59. The summed E-state index contributed by atoms with van der Waals surface area (Å²) in [5.41, 5.74) is 16.0. The Hall–Kier alpha value is -8.27. The summed E-state index contributed by atoms with van der Waals surface area (Å²) in [6.45, 7) is 29.1. The number of carbonyl (C=O) groups is 7. The van der Waals surface area contributed by atoms with Crippen molar-refractivity contribution in [3.05, 3.63) is 216 Å². The third-order valence-corrected chi connectivity index (χ3v) is 27.7. The zero-order valence-corrected chi connectivity index (χ0v) is 71.5. The molecule has 7 aromatic rings. The Morgan fingerprint density at radius 3 is 0.930 bits per heavy atom. The van der Waals surface area contributed by atoms with Gasteiger partial charge in [0, 0.05) is 73.9 Å². The number of amides is 3. The highest BCUT2D eigenvalue weighted by molar-refractivity contribution is 9.10. The van der Waals surface area contributed by atoms with Gasteiger partial charge in [-0.05, 0) is 306 Å². The smallest absolute Gasteiger partial charge is 0.481 e. The molecule has 2 unspecified atom stereocenters. The molecule has 4 spiro atoms. The van der Waals surface area contributed by atoms with Gasteiger partial charge in [-0.1, -0.05) is 156 Å². The summed E-state index contributed by atoms with van der Waals surface area (Å²) >= 11 is 6.98. The third-order valence-electron chi connectivity index (χ3n) is 26.7. The van der Waals surface area contributed by atoms with Crippen LogP contribution in [0.4, 0.5) is 0 Å². The van der Waals surface area contributed by atoms with Gasteiger partial charge in [-0.3, -0.25) is 19.2 Å². The molecule has 9 aliphatic rings. The molecule has 0 radical (unpaired) electrons. The van der Waals surface area contributed by atoms with E-state index in [1.807, 2.05) is 96.1 Å². The Labute approximate surface area is 691 Å². The maximum absolute atomic E-state index is 11.9. The Morgan fingerprint density at radius 2 is 0.667 bits per heavy atom. The van der Waals surface area contributed by atoms with Gasteiger partial charge in [-0.2, -0.15) is 0 Å². The topological polar surface area (TPSA) is 241 Å². The lowest BCUT2D eigenvalue weighted by Crippen LogP contribution is -2.41. The number of carbonyl (C=O) groups excluding carboxylic acids is 3. The summed E-state index contributed by atoms with van der Waals surface area (Å²) in [5.74, 6) is 0.191. The maximum Gasteiger partial charge on any atom is 0.495 e. The zero-order chi connectivity index (χ0) is 82.2. The van der Waals surface area contributed by atoms with Gasteiger partial charge in [0.1, 0.15) is 0 Å². The van der Waals surface area contributed by atoms with Crippen molar-refractivity contribution < 1.29 is 63.3 Å². The number of piperidine rings is 4. The van der Waals surface area contributed by atoms with E-state index in [1.165, 1.54) is 85.6 Å². The van der Waals surface area contributed by atoms with Gasteiger partial charge in [-0.15, -0.1) is 0 Å². The summed E-state index contributed by atoms with van der Waals surface area (Å²) < 4.78 is 14.3. The molecule has 7 aromatic carbocycles. The first-order valence-electron chi connectivity index (χ1n) is 41.1. The van der Waals surface area contributed by atoms with Crippen LogP contribution in [0.3, 0.4) is 0 Å². The van der Waals surface area contributed by atoms with Crippen LogP contribution >= 0.6 is 31.9 Å². The Bertz CT molecular complexity index is 4420. The van der Waals surface area contributed by atoms with Crippen molar-refractivity contribution >= 4 is 86.0 Å². The normalized spacial score (nSPS) is 21.4. The van der Waals surface area contributed by atoms with E-state index in [9.17, 15) is 33.6 Å². The summed E-state index contributed by atoms with van der Waals surface area (Å²) in [6.07, 6.45) is 16.8. The molecule has 4 aliphatic carbocycles. The molecule has 3 amide bonds. The van der Waals surface area contributed by atoms with E-state index in [4.69, 9.17) is 29.7 Å². The number of nitrogens with zero attached hydrogens (tertiary/aromatic N) is 3. The van der Waals surface area contributed by atoms with Crippen LogP contribution in [0.2, 0.25) is 0 Å².